The summed E-state index contributed by atoms with van der Waals surface area (Å²) in [7, 11) is 0. The van der Waals surface area contributed by atoms with E-state index in [0.29, 0.717) is 19.0 Å². The maximum atomic E-state index is 11.4. The van der Waals surface area contributed by atoms with Crippen molar-refractivity contribution in [3.05, 3.63) is 24.4 Å². The van der Waals surface area contributed by atoms with Crippen molar-refractivity contribution >= 4 is 17.7 Å². The molecule has 0 radical (unpaired) electrons. The number of hydrogen-bond donors (Lipinski definition) is 2. The largest absolute Gasteiger partial charge is 0.444 e. The van der Waals surface area contributed by atoms with E-state index in [1.54, 1.807) is 4.52 Å². The number of amides is 1. The van der Waals surface area contributed by atoms with Gasteiger partial charge in [-0.2, -0.15) is 4.98 Å². The highest BCUT2D eigenvalue weighted by Crippen LogP contribution is 2.06. The van der Waals surface area contributed by atoms with E-state index in [1.165, 1.54) is 0 Å². The summed E-state index contributed by atoms with van der Waals surface area (Å²) in [5.41, 5.74) is 0.288. The first-order valence-corrected chi connectivity index (χ1v) is 6.46. The van der Waals surface area contributed by atoms with E-state index in [1.807, 2.05) is 45.2 Å². The van der Waals surface area contributed by atoms with Gasteiger partial charge in [-0.3, -0.25) is 0 Å². The van der Waals surface area contributed by atoms with Crippen LogP contribution >= 0.6 is 0 Å². The molecule has 2 rings (SSSR count). The van der Waals surface area contributed by atoms with Gasteiger partial charge in [-0.1, -0.05) is 6.07 Å². The van der Waals surface area contributed by atoms with E-state index in [9.17, 15) is 4.79 Å². The fourth-order valence-electron chi connectivity index (χ4n) is 1.56. The van der Waals surface area contributed by atoms with E-state index >= 15 is 0 Å². The highest BCUT2D eigenvalue weighted by molar-refractivity contribution is 5.67. The minimum absolute atomic E-state index is 0.428. The zero-order chi connectivity index (χ0) is 14.6. The van der Waals surface area contributed by atoms with Gasteiger partial charge in [0.2, 0.25) is 5.95 Å². The van der Waals surface area contributed by atoms with Crippen LogP contribution in [0.1, 0.15) is 20.8 Å². The van der Waals surface area contributed by atoms with Crippen molar-refractivity contribution in [2.75, 3.05) is 18.4 Å². The number of pyridine rings is 1. The average molecular weight is 277 g/mol. The molecule has 2 N–H and O–H groups in total. The van der Waals surface area contributed by atoms with Crippen LogP contribution in [0.15, 0.2) is 24.4 Å². The van der Waals surface area contributed by atoms with Gasteiger partial charge >= 0.3 is 6.09 Å². The summed E-state index contributed by atoms with van der Waals surface area (Å²) in [4.78, 5) is 15.7. The summed E-state index contributed by atoms with van der Waals surface area (Å²) in [6, 6.07) is 5.66. The second-order valence-corrected chi connectivity index (χ2v) is 5.29. The molecule has 0 saturated carbocycles. The molecular formula is C13H19N5O2. The molecule has 108 valence electrons. The van der Waals surface area contributed by atoms with Gasteiger partial charge in [0.25, 0.3) is 0 Å². The van der Waals surface area contributed by atoms with Gasteiger partial charge in [-0.05, 0) is 32.9 Å². The fraction of sp³-hybridized carbons (Fsp3) is 0.462. The molecule has 0 aliphatic rings. The molecule has 7 nitrogen and oxygen atoms in total. The number of aromatic nitrogens is 3. The van der Waals surface area contributed by atoms with Gasteiger partial charge in [0.05, 0.1) is 0 Å². The summed E-state index contributed by atoms with van der Waals surface area (Å²) in [6.07, 6.45) is 1.40. The van der Waals surface area contributed by atoms with E-state index in [-0.39, 0.29) is 0 Å². The Morgan fingerprint density at radius 1 is 1.35 bits per heavy atom. The van der Waals surface area contributed by atoms with Gasteiger partial charge in [0, 0.05) is 19.3 Å². The Morgan fingerprint density at radius 2 is 2.15 bits per heavy atom. The Morgan fingerprint density at radius 3 is 2.85 bits per heavy atom. The Hall–Kier alpha value is -2.31. The zero-order valence-electron chi connectivity index (χ0n) is 11.9. The third kappa shape index (κ3) is 4.11. The molecule has 20 heavy (non-hydrogen) atoms. The molecule has 7 heteroatoms. The van der Waals surface area contributed by atoms with Crippen molar-refractivity contribution in [1.82, 2.24) is 19.9 Å². The molecule has 2 heterocycles. The lowest BCUT2D eigenvalue weighted by Crippen LogP contribution is -2.35. The Bertz CT molecular complexity index is 555. The van der Waals surface area contributed by atoms with Crippen LogP contribution in [-0.2, 0) is 4.74 Å². The van der Waals surface area contributed by atoms with Crippen molar-refractivity contribution < 1.29 is 9.53 Å². The van der Waals surface area contributed by atoms with Gasteiger partial charge in [0.1, 0.15) is 5.60 Å². The first-order valence-electron chi connectivity index (χ1n) is 6.46. The van der Waals surface area contributed by atoms with Crippen molar-refractivity contribution in [3.63, 3.8) is 0 Å². The fourth-order valence-corrected chi connectivity index (χ4v) is 1.56. The number of carbonyl (C=O) groups is 1. The second-order valence-electron chi connectivity index (χ2n) is 5.29. The molecule has 0 spiro atoms. The predicted octanol–water partition coefficient (Wildman–Crippen LogP) is 1.67. The van der Waals surface area contributed by atoms with Crippen molar-refractivity contribution in [2.24, 2.45) is 0 Å². The monoisotopic (exact) mass is 277 g/mol. The number of alkyl carbamates (subject to hydrolysis) is 1. The normalized spacial score (nSPS) is 11.3. The number of fused-ring (bicyclic) bond motifs is 1. The number of nitrogens with zero attached hydrogens (tertiary/aromatic N) is 3. The topological polar surface area (TPSA) is 80.5 Å². The third-order valence-electron chi connectivity index (χ3n) is 2.32. The molecule has 1 amide bonds. The summed E-state index contributed by atoms with van der Waals surface area (Å²) in [6.45, 7) is 6.43. The summed E-state index contributed by atoms with van der Waals surface area (Å²) in [5.74, 6) is 0.530. The van der Waals surface area contributed by atoms with Crippen LogP contribution in [0.3, 0.4) is 0 Å². The second kappa shape index (κ2) is 5.77. The van der Waals surface area contributed by atoms with Crippen LogP contribution in [0.25, 0.3) is 5.65 Å². The molecule has 0 bridgehead atoms. The lowest BCUT2D eigenvalue weighted by Gasteiger charge is -2.19. The van der Waals surface area contributed by atoms with Crippen LogP contribution in [0.5, 0.6) is 0 Å². The zero-order valence-corrected chi connectivity index (χ0v) is 11.9. The first kappa shape index (κ1) is 14.1. The van der Waals surface area contributed by atoms with Gasteiger partial charge < -0.3 is 15.4 Å². The predicted molar refractivity (Wildman–Crippen MR) is 75.7 cm³/mol. The quantitative estimate of drug-likeness (QED) is 0.831. The van der Waals surface area contributed by atoms with Crippen molar-refractivity contribution in [2.45, 2.75) is 26.4 Å². The highest BCUT2D eigenvalue weighted by Gasteiger charge is 2.15. The van der Waals surface area contributed by atoms with E-state index in [2.05, 4.69) is 20.7 Å². The lowest BCUT2D eigenvalue weighted by atomic mass is 10.2. The number of ether oxygens (including phenoxy) is 1. The Balaban J connectivity index is 1.74. The highest BCUT2D eigenvalue weighted by atomic mass is 16.6. The standard InChI is InChI=1S/C13H19N5O2/c1-13(2,3)20-12(19)15-8-7-14-11-16-10-6-4-5-9-18(10)17-11/h4-6,9H,7-8H2,1-3H3,(H,14,17)(H,15,19). The summed E-state index contributed by atoms with van der Waals surface area (Å²) < 4.78 is 6.81. The van der Waals surface area contributed by atoms with Crippen LogP contribution in [0, 0.1) is 0 Å². The van der Waals surface area contributed by atoms with E-state index in [4.69, 9.17) is 4.74 Å². The smallest absolute Gasteiger partial charge is 0.407 e. The summed E-state index contributed by atoms with van der Waals surface area (Å²) >= 11 is 0. The van der Waals surface area contributed by atoms with Crippen LogP contribution in [0.2, 0.25) is 0 Å². The molecule has 0 aliphatic heterocycles. The van der Waals surface area contributed by atoms with Gasteiger partial charge in [-0.15, -0.1) is 5.10 Å². The van der Waals surface area contributed by atoms with Crippen LogP contribution < -0.4 is 10.6 Å². The lowest BCUT2D eigenvalue weighted by molar-refractivity contribution is 0.0530. The molecule has 0 unspecified atom stereocenters. The molecule has 2 aromatic heterocycles. The minimum Gasteiger partial charge on any atom is -0.444 e. The van der Waals surface area contributed by atoms with E-state index < -0.39 is 11.7 Å². The van der Waals surface area contributed by atoms with Crippen molar-refractivity contribution in [1.29, 1.82) is 0 Å². The molecule has 0 saturated heterocycles. The van der Waals surface area contributed by atoms with Crippen LogP contribution in [-0.4, -0.2) is 39.4 Å². The van der Waals surface area contributed by atoms with Crippen LogP contribution in [0.4, 0.5) is 10.7 Å². The number of nitrogens with one attached hydrogen (secondary N) is 2. The van der Waals surface area contributed by atoms with Gasteiger partial charge in [0.15, 0.2) is 5.65 Å². The molecule has 0 aromatic carbocycles. The molecule has 0 aliphatic carbocycles. The SMILES string of the molecule is CC(C)(C)OC(=O)NCCNc1nc2ccccn2n1. The maximum absolute atomic E-state index is 11.4. The maximum Gasteiger partial charge on any atom is 0.407 e. The van der Waals surface area contributed by atoms with Gasteiger partial charge in [-0.25, -0.2) is 9.31 Å². The summed E-state index contributed by atoms with van der Waals surface area (Å²) in [5, 5.41) is 9.94. The van der Waals surface area contributed by atoms with E-state index in [0.717, 1.165) is 5.65 Å². The number of hydrogen-bond acceptors (Lipinski definition) is 5. The molecule has 0 atom stereocenters. The first-order chi connectivity index (χ1) is 9.44. The molecule has 2 aromatic rings. The Labute approximate surface area is 117 Å². The molecule has 0 fully saturated rings. The third-order valence-corrected chi connectivity index (χ3v) is 2.32. The number of rotatable bonds is 4. The number of anilines is 1. The Kier molecular flexibility index (Phi) is 4.07. The van der Waals surface area contributed by atoms with Crippen molar-refractivity contribution in [3.8, 4) is 0 Å². The minimum atomic E-state index is -0.485. The average Bonchev–Trinajstić information content (AvgIpc) is 2.75. The molecular weight excluding hydrogens is 258 g/mol. The number of carbonyl (C=O) groups excluding carboxylic acids is 1.